The zero-order valence-electron chi connectivity index (χ0n) is 10.8. The fourth-order valence-corrected chi connectivity index (χ4v) is 1.78. The standard InChI is InChI=1S/C13H17N3O2/c1-9-7-15-16(13(9)14)8-10-6-11(17-2)4-5-12(10)18-3/h4-7H,8,14H2,1-3H3. The third-order valence-corrected chi connectivity index (χ3v) is 2.88. The van der Waals surface area contributed by atoms with Crippen molar-refractivity contribution < 1.29 is 9.47 Å². The number of aromatic nitrogens is 2. The number of nitrogens with two attached hydrogens (primary N) is 1. The molecule has 2 N–H and O–H groups in total. The minimum atomic E-state index is 0.556. The van der Waals surface area contributed by atoms with Crippen molar-refractivity contribution in [3.8, 4) is 11.5 Å². The maximum absolute atomic E-state index is 5.94. The van der Waals surface area contributed by atoms with Crippen molar-refractivity contribution in [2.75, 3.05) is 20.0 Å². The van der Waals surface area contributed by atoms with E-state index in [1.54, 1.807) is 25.1 Å². The molecule has 5 heteroatoms. The number of rotatable bonds is 4. The van der Waals surface area contributed by atoms with Crippen LogP contribution in [0.15, 0.2) is 24.4 Å². The number of nitrogens with zero attached hydrogens (tertiary/aromatic N) is 2. The molecular formula is C13H17N3O2. The Hall–Kier alpha value is -2.17. The lowest BCUT2D eigenvalue weighted by Crippen LogP contribution is -2.07. The van der Waals surface area contributed by atoms with E-state index >= 15 is 0 Å². The number of benzene rings is 1. The molecule has 5 nitrogen and oxygen atoms in total. The third kappa shape index (κ3) is 2.25. The fraction of sp³-hybridized carbons (Fsp3) is 0.308. The Morgan fingerprint density at radius 3 is 2.61 bits per heavy atom. The third-order valence-electron chi connectivity index (χ3n) is 2.88. The van der Waals surface area contributed by atoms with E-state index in [9.17, 15) is 0 Å². The van der Waals surface area contributed by atoms with Crippen molar-refractivity contribution in [2.45, 2.75) is 13.5 Å². The van der Waals surface area contributed by atoms with E-state index in [1.807, 2.05) is 25.1 Å². The van der Waals surface area contributed by atoms with E-state index in [-0.39, 0.29) is 0 Å². The number of anilines is 1. The summed E-state index contributed by atoms with van der Waals surface area (Å²) in [6.07, 6.45) is 1.75. The molecule has 0 atom stereocenters. The van der Waals surface area contributed by atoms with E-state index < -0.39 is 0 Å². The summed E-state index contributed by atoms with van der Waals surface area (Å²) in [7, 11) is 3.28. The molecule has 0 aliphatic rings. The van der Waals surface area contributed by atoms with Crippen LogP contribution in [0.25, 0.3) is 0 Å². The largest absolute Gasteiger partial charge is 0.497 e. The van der Waals surface area contributed by atoms with Crippen LogP contribution < -0.4 is 15.2 Å². The molecule has 18 heavy (non-hydrogen) atoms. The van der Waals surface area contributed by atoms with Gasteiger partial charge < -0.3 is 15.2 Å². The first-order valence-electron chi connectivity index (χ1n) is 5.64. The maximum atomic E-state index is 5.94. The fourth-order valence-electron chi connectivity index (χ4n) is 1.78. The molecule has 0 amide bonds. The van der Waals surface area contributed by atoms with Gasteiger partial charge in [0.2, 0.25) is 0 Å². The highest BCUT2D eigenvalue weighted by molar-refractivity contribution is 5.43. The highest BCUT2D eigenvalue weighted by atomic mass is 16.5. The summed E-state index contributed by atoms with van der Waals surface area (Å²) in [5, 5.41) is 4.24. The molecule has 0 radical (unpaired) electrons. The van der Waals surface area contributed by atoms with Crippen LogP contribution in [0.3, 0.4) is 0 Å². The summed E-state index contributed by atoms with van der Waals surface area (Å²) in [6, 6.07) is 5.66. The molecule has 0 fully saturated rings. The van der Waals surface area contributed by atoms with Gasteiger partial charge in [0.25, 0.3) is 0 Å². The molecule has 1 aromatic carbocycles. The monoisotopic (exact) mass is 247 g/mol. The number of methoxy groups -OCH3 is 2. The molecule has 0 bridgehead atoms. The lowest BCUT2D eigenvalue weighted by molar-refractivity contribution is 0.397. The normalized spacial score (nSPS) is 10.4. The van der Waals surface area contributed by atoms with Gasteiger partial charge in [0.15, 0.2) is 0 Å². The van der Waals surface area contributed by atoms with Crippen LogP contribution in [-0.2, 0) is 6.54 Å². The summed E-state index contributed by atoms with van der Waals surface area (Å²) in [5.41, 5.74) is 7.89. The molecule has 2 rings (SSSR count). The molecule has 0 spiro atoms. The average Bonchev–Trinajstić information content (AvgIpc) is 2.70. The molecule has 0 saturated carbocycles. The summed E-state index contributed by atoms with van der Waals surface area (Å²) >= 11 is 0. The van der Waals surface area contributed by atoms with Gasteiger partial charge in [0.1, 0.15) is 17.3 Å². The number of ether oxygens (including phenoxy) is 2. The topological polar surface area (TPSA) is 62.3 Å². The smallest absolute Gasteiger partial charge is 0.124 e. The second-order valence-corrected chi connectivity index (χ2v) is 4.05. The van der Waals surface area contributed by atoms with Gasteiger partial charge in [0.05, 0.1) is 27.0 Å². The Labute approximate surface area is 106 Å². The van der Waals surface area contributed by atoms with Crippen LogP contribution in [0, 0.1) is 6.92 Å². The van der Waals surface area contributed by atoms with E-state index in [4.69, 9.17) is 15.2 Å². The first kappa shape index (κ1) is 12.3. The summed E-state index contributed by atoms with van der Waals surface area (Å²) in [4.78, 5) is 0. The number of nitrogen functional groups attached to an aromatic ring is 1. The lowest BCUT2D eigenvalue weighted by atomic mass is 10.2. The minimum absolute atomic E-state index is 0.556. The first-order chi connectivity index (χ1) is 8.65. The van der Waals surface area contributed by atoms with Gasteiger partial charge in [-0.15, -0.1) is 0 Å². The summed E-state index contributed by atoms with van der Waals surface area (Å²) < 4.78 is 12.3. The number of aryl methyl sites for hydroxylation is 1. The van der Waals surface area contributed by atoms with Gasteiger partial charge in [-0.25, -0.2) is 4.68 Å². The van der Waals surface area contributed by atoms with Crippen LogP contribution in [0.5, 0.6) is 11.5 Å². The van der Waals surface area contributed by atoms with Crippen molar-refractivity contribution in [1.82, 2.24) is 9.78 Å². The molecular weight excluding hydrogens is 230 g/mol. The molecule has 96 valence electrons. The Bertz CT molecular complexity index is 549. The molecule has 0 saturated heterocycles. The molecule has 1 heterocycles. The van der Waals surface area contributed by atoms with Crippen molar-refractivity contribution >= 4 is 5.82 Å². The highest BCUT2D eigenvalue weighted by Crippen LogP contribution is 2.25. The number of hydrogen-bond acceptors (Lipinski definition) is 4. The van der Waals surface area contributed by atoms with E-state index in [2.05, 4.69) is 5.10 Å². The van der Waals surface area contributed by atoms with Crippen molar-refractivity contribution in [1.29, 1.82) is 0 Å². The zero-order valence-corrected chi connectivity index (χ0v) is 10.8. The van der Waals surface area contributed by atoms with Gasteiger partial charge in [-0.1, -0.05) is 0 Å². The Balaban J connectivity index is 2.35. The Morgan fingerprint density at radius 1 is 1.28 bits per heavy atom. The highest BCUT2D eigenvalue weighted by Gasteiger charge is 2.09. The molecule has 2 aromatic rings. The molecule has 0 aliphatic heterocycles. The van der Waals surface area contributed by atoms with E-state index in [0.717, 1.165) is 22.6 Å². The first-order valence-corrected chi connectivity index (χ1v) is 5.64. The van der Waals surface area contributed by atoms with Gasteiger partial charge in [-0.3, -0.25) is 0 Å². The molecule has 0 unspecified atom stereocenters. The van der Waals surface area contributed by atoms with Gasteiger partial charge in [-0.05, 0) is 25.1 Å². The van der Waals surface area contributed by atoms with E-state index in [1.165, 1.54) is 0 Å². The van der Waals surface area contributed by atoms with Crippen molar-refractivity contribution in [2.24, 2.45) is 0 Å². The predicted molar refractivity (Wildman–Crippen MR) is 70.0 cm³/mol. The lowest BCUT2D eigenvalue weighted by Gasteiger charge is -2.11. The summed E-state index contributed by atoms with van der Waals surface area (Å²) in [6.45, 7) is 2.49. The number of hydrogen-bond donors (Lipinski definition) is 1. The SMILES string of the molecule is COc1ccc(OC)c(Cn2ncc(C)c2N)c1. The zero-order chi connectivity index (χ0) is 13.1. The van der Waals surface area contributed by atoms with Crippen LogP contribution in [0.1, 0.15) is 11.1 Å². The van der Waals surface area contributed by atoms with Crippen LogP contribution in [0.4, 0.5) is 5.82 Å². The quantitative estimate of drug-likeness (QED) is 0.895. The second-order valence-electron chi connectivity index (χ2n) is 4.05. The minimum Gasteiger partial charge on any atom is -0.497 e. The second kappa shape index (κ2) is 5.00. The average molecular weight is 247 g/mol. The Morgan fingerprint density at radius 2 is 2.06 bits per heavy atom. The van der Waals surface area contributed by atoms with Crippen LogP contribution in [-0.4, -0.2) is 24.0 Å². The van der Waals surface area contributed by atoms with Crippen molar-refractivity contribution in [3.63, 3.8) is 0 Å². The molecule has 0 aliphatic carbocycles. The Kier molecular flexibility index (Phi) is 3.41. The molecule has 1 aromatic heterocycles. The van der Waals surface area contributed by atoms with E-state index in [0.29, 0.717) is 12.4 Å². The van der Waals surface area contributed by atoms with Gasteiger partial charge in [0, 0.05) is 11.1 Å². The van der Waals surface area contributed by atoms with Crippen LogP contribution in [0.2, 0.25) is 0 Å². The van der Waals surface area contributed by atoms with Crippen LogP contribution >= 0.6 is 0 Å². The van der Waals surface area contributed by atoms with Crippen molar-refractivity contribution in [3.05, 3.63) is 35.5 Å². The predicted octanol–water partition coefficient (Wildman–Crippen LogP) is 1.84. The van der Waals surface area contributed by atoms with Gasteiger partial charge >= 0.3 is 0 Å². The maximum Gasteiger partial charge on any atom is 0.124 e. The van der Waals surface area contributed by atoms with Gasteiger partial charge in [-0.2, -0.15) is 5.10 Å². The summed E-state index contributed by atoms with van der Waals surface area (Å²) in [5.74, 6) is 2.25.